The molecule has 55 heavy (non-hydrogen) atoms. The molecule has 12 aromatic rings. The van der Waals surface area contributed by atoms with Crippen molar-refractivity contribution in [3.8, 4) is 33.6 Å². The summed E-state index contributed by atoms with van der Waals surface area (Å²) >= 11 is 1.84. The van der Waals surface area contributed by atoms with E-state index in [-0.39, 0.29) is 0 Å². The molecular formula is C51H31N3S. The molecule has 4 heteroatoms. The largest absolute Gasteiger partial charge is 0.309 e. The summed E-state index contributed by atoms with van der Waals surface area (Å²) < 4.78 is 7.31. The highest BCUT2D eigenvalue weighted by Crippen LogP contribution is 2.44. The van der Waals surface area contributed by atoms with Gasteiger partial charge in [0, 0.05) is 54.0 Å². The van der Waals surface area contributed by atoms with Crippen LogP contribution in [0.15, 0.2) is 188 Å². The van der Waals surface area contributed by atoms with Gasteiger partial charge in [-0.15, -0.1) is 11.3 Å². The minimum absolute atomic E-state index is 1.02. The third-order valence-corrected chi connectivity index (χ3v) is 12.5. The smallest absolute Gasteiger partial charge is 0.0902 e. The van der Waals surface area contributed by atoms with E-state index >= 15 is 0 Å². The summed E-state index contributed by atoms with van der Waals surface area (Å²) in [4.78, 5) is 5.20. The van der Waals surface area contributed by atoms with E-state index in [1.54, 1.807) is 0 Å². The predicted molar refractivity (Wildman–Crippen MR) is 234 cm³/mol. The van der Waals surface area contributed by atoms with Crippen LogP contribution < -0.4 is 0 Å². The first-order chi connectivity index (χ1) is 27.3. The van der Waals surface area contributed by atoms with Crippen LogP contribution >= 0.6 is 11.3 Å². The Morgan fingerprint density at radius 2 is 0.964 bits per heavy atom. The van der Waals surface area contributed by atoms with Crippen LogP contribution in [0.3, 0.4) is 0 Å². The lowest BCUT2D eigenvalue weighted by molar-refractivity contribution is 1.18. The summed E-state index contributed by atoms with van der Waals surface area (Å²) in [5.74, 6) is 0. The van der Waals surface area contributed by atoms with Crippen LogP contribution in [-0.2, 0) is 0 Å². The molecule has 3 nitrogen and oxygen atoms in total. The lowest BCUT2D eigenvalue weighted by Gasteiger charge is -2.13. The second-order valence-electron chi connectivity index (χ2n) is 14.3. The number of aromatic nitrogens is 3. The molecule has 0 unspecified atom stereocenters. The van der Waals surface area contributed by atoms with Crippen molar-refractivity contribution in [2.24, 2.45) is 0 Å². The monoisotopic (exact) mass is 717 g/mol. The van der Waals surface area contributed by atoms with Gasteiger partial charge in [0.2, 0.25) is 0 Å². The second kappa shape index (κ2) is 11.7. The van der Waals surface area contributed by atoms with Gasteiger partial charge >= 0.3 is 0 Å². The Kier molecular flexibility index (Phi) is 6.50. The number of pyridine rings is 1. The number of para-hydroxylation sites is 4. The molecule has 0 fully saturated rings. The lowest BCUT2D eigenvalue weighted by Crippen LogP contribution is -1.95. The maximum Gasteiger partial charge on any atom is 0.0902 e. The Bertz CT molecular complexity index is 3490. The van der Waals surface area contributed by atoms with Gasteiger partial charge < -0.3 is 9.13 Å². The highest BCUT2D eigenvalue weighted by molar-refractivity contribution is 7.26. The van der Waals surface area contributed by atoms with Crippen LogP contribution in [0.1, 0.15) is 0 Å². The van der Waals surface area contributed by atoms with Crippen molar-refractivity contribution in [3.05, 3.63) is 188 Å². The molecule has 256 valence electrons. The van der Waals surface area contributed by atoms with Crippen LogP contribution in [0.5, 0.6) is 0 Å². The van der Waals surface area contributed by atoms with Crippen molar-refractivity contribution in [3.63, 3.8) is 0 Å². The zero-order chi connectivity index (χ0) is 36.0. The Labute approximate surface area is 320 Å². The van der Waals surface area contributed by atoms with Crippen LogP contribution in [0.25, 0.3) is 108 Å². The first-order valence-electron chi connectivity index (χ1n) is 18.7. The summed E-state index contributed by atoms with van der Waals surface area (Å²) in [6.45, 7) is 0. The first-order valence-corrected chi connectivity index (χ1v) is 19.5. The van der Waals surface area contributed by atoms with E-state index in [0.717, 1.165) is 16.7 Å². The van der Waals surface area contributed by atoms with E-state index in [4.69, 9.17) is 4.98 Å². The number of benzene rings is 8. The number of hydrogen-bond acceptors (Lipinski definition) is 2. The average molecular weight is 718 g/mol. The molecule has 0 radical (unpaired) electrons. The van der Waals surface area contributed by atoms with Gasteiger partial charge in [-0.05, 0) is 83.4 Å². The summed E-state index contributed by atoms with van der Waals surface area (Å²) in [5, 5.41) is 7.38. The van der Waals surface area contributed by atoms with Crippen LogP contribution in [0, 0.1) is 0 Å². The number of rotatable bonds is 4. The topological polar surface area (TPSA) is 22.8 Å². The molecule has 0 atom stereocenters. The number of fused-ring (bicyclic) bond motifs is 10. The van der Waals surface area contributed by atoms with Crippen LogP contribution in [0.4, 0.5) is 0 Å². The Balaban J connectivity index is 1.07. The summed E-state index contributed by atoms with van der Waals surface area (Å²) in [5.41, 5.74) is 14.0. The summed E-state index contributed by atoms with van der Waals surface area (Å²) in [6.07, 6.45) is 0. The molecule has 4 heterocycles. The van der Waals surface area contributed by atoms with Gasteiger partial charge in [0.25, 0.3) is 0 Å². The van der Waals surface area contributed by atoms with E-state index in [2.05, 4.69) is 197 Å². The van der Waals surface area contributed by atoms with E-state index in [1.165, 1.54) is 91.7 Å². The average Bonchev–Trinajstić information content (AvgIpc) is 3.90. The molecular weight excluding hydrogens is 687 g/mol. The lowest BCUT2D eigenvalue weighted by atomic mass is 9.99. The molecule has 12 rings (SSSR count). The van der Waals surface area contributed by atoms with E-state index in [1.807, 2.05) is 11.3 Å². The van der Waals surface area contributed by atoms with Gasteiger partial charge in [-0.1, -0.05) is 121 Å². The van der Waals surface area contributed by atoms with E-state index < -0.39 is 0 Å². The highest BCUT2D eigenvalue weighted by atomic mass is 32.1. The van der Waals surface area contributed by atoms with Crippen molar-refractivity contribution in [1.29, 1.82) is 0 Å². The van der Waals surface area contributed by atoms with Gasteiger partial charge in [-0.2, -0.15) is 0 Å². The predicted octanol–water partition coefficient (Wildman–Crippen LogP) is 14.1. The standard InChI is InChI=1S/C51H31N3S/c1-2-14-35(15-3-1)53-45-23-10-6-18-38(45)42-30-32(26-28-46(42)53)33-25-27-39-37-17-5-9-22-44(37)54(47(39)31-33)36-16-12-13-34(29-36)49-40-19-4-8-21-43(40)52-50-41-20-7-11-24-48(41)55-51(49)50/h1-31H. The van der Waals surface area contributed by atoms with Gasteiger partial charge in [0.05, 0.1) is 37.8 Å². The van der Waals surface area contributed by atoms with Gasteiger partial charge in [-0.25, -0.2) is 4.98 Å². The molecule has 0 saturated carbocycles. The number of hydrogen-bond donors (Lipinski definition) is 0. The second-order valence-corrected chi connectivity index (χ2v) is 15.4. The molecule has 0 aliphatic carbocycles. The van der Waals surface area contributed by atoms with Crippen molar-refractivity contribution in [1.82, 2.24) is 14.1 Å². The third kappa shape index (κ3) is 4.52. The van der Waals surface area contributed by atoms with Crippen molar-refractivity contribution >= 4 is 86.2 Å². The molecule has 8 aromatic carbocycles. The van der Waals surface area contributed by atoms with Crippen LogP contribution in [-0.4, -0.2) is 14.1 Å². The fourth-order valence-corrected chi connectivity index (χ4v) is 10.1. The summed E-state index contributed by atoms with van der Waals surface area (Å²) in [6, 6.07) is 68.4. The number of thiophene rings is 1. The Morgan fingerprint density at radius 3 is 1.80 bits per heavy atom. The van der Waals surface area contributed by atoms with Crippen molar-refractivity contribution in [2.45, 2.75) is 0 Å². The fourth-order valence-electron chi connectivity index (χ4n) is 8.86. The zero-order valence-corrected chi connectivity index (χ0v) is 30.5. The molecule has 0 aliphatic heterocycles. The SMILES string of the molecule is c1ccc(-n2c3ccccc3c3cc(-c4ccc5c6ccccc6n(-c6cccc(-c7c8ccccc8nc8c7sc7ccccc78)c6)c5c4)ccc32)cc1. The van der Waals surface area contributed by atoms with E-state index in [0.29, 0.717) is 0 Å². The van der Waals surface area contributed by atoms with Crippen molar-refractivity contribution < 1.29 is 0 Å². The zero-order valence-electron chi connectivity index (χ0n) is 29.6. The Morgan fingerprint density at radius 1 is 0.364 bits per heavy atom. The minimum Gasteiger partial charge on any atom is -0.309 e. The molecule has 0 spiro atoms. The van der Waals surface area contributed by atoms with Gasteiger partial charge in [-0.3, -0.25) is 0 Å². The maximum absolute atomic E-state index is 5.20. The third-order valence-electron chi connectivity index (χ3n) is 11.3. The fraction of sp³-hybridized carbons (Fsp3) is 0. The molecule has 0 aliphatic rings. The minimum atomic E-state index is 1.02. The van der Waals surface area contributed by atoms with Crippen molar-refractivity contribution in [2.75, 3.05) is 0 Å². The quantitative estimate of drug-likeness (QED) is 0.178. The van der Waals surface area contributed by atoms with Crippen LogP contribution in [0.2, 0.25) is 0 Å². The molecule has 0 saturated heterocycles. The molecule has 0 N–H and O–H groups in total. The number of nitrogens with zero attached hydrogens (tertiary/aromatic N) is 3. The first kappa shape index (κ1) is 30.5. The Hall–Kier alpha value is -7.01. The molecule has 0 bridgehead atoms. The van der Waals surface area contributed by atoms with Gasteiger partial charge in [0.15, 0.2) is 0 Å². The van der Waals surface area contributed by atoms with E-state index in [9.17, 15) is 0 Å². The van der Waals surface area contributed by atoms with Gasteiger partial charge in [0.1, 0.15) is 0 Å². The molecule has 4 aromatic heterocycles. The molecule has 0 amide bonds. The normalized spacial score (nSPS) is 12.0. The summed E-state index contributed by atoms with van der Waals surface area (Å²) in [7, 11) is 0. The maximum atomic E-state index is 5.20. The highest BCUT2D eigenvalue weighted by Gasteiger charge is 2.19.